The van der Waals surface area contributed by atoms with E-state index in [1.165, 1.54) is 96.3 Å². The lowest BCUT2D eigenvalue weighted by atomic mass is 10.1. The van der Waals surface area contributed by atoms with E-state index in [1.807, 2.05) is 12.2 Å². The zero-order valence-corrected chi connectivity index (χ0v) is 48.3. The molecule has 0 fully saturated rings. The van der Waals surface area contributed by atoms with Crippen molar-refractivity contribution < 1.29 is 28.6 Å². The number of rotatable bonds is 53. The zero-order valence-electron chi connectivity index (χ0n) is 48.3. The Bertz CT molecular complexity index is 1660. The van der Waals surface area contributed by atoms with Crippen LogP contribution in [0.15, 0.2) is 146 Å². The fourth-order valence-electron chi connectivity index (χ4n) is 7.78. The van der Waals surface area contributed by atoms with Crippen molar-refractivity contribution in [3.8, 4) is 0 Å². The van der Waals surface area contributed by atoms with Crippen LogP contribution in [-0.2, 0) is 28.6 Å². The van der Waals surface area contributed by atoms with E-state index in [2.05, 4.69) is 154 Å². The van der Waals surface area contributed by atoms with Crippen molar-refractivity contribution in [1.82, 2.24) is 0 Å². The molecule has 0 aromatic rings. The highest BCUT2D eigenvalue weighted by atomic mass is 16.6. The average Bonchev–Trinajstić information content (AvgIpc) is 3.41. The third-order valence-electron chi connectivity index (χ3n) is 12.3. The van der Waals surface area contributed by atoms with Gasteiger partial charge in [-0.15, -0.1) is 0 Å². The molecule has 0 bridgehead atoms. The molecule has 0 unspecified atom stereocenters. The number of carbonyl (C=O) groups is 3. The quantitative estimate of drug-likeness (QED) is 0.0261. The van der Waals surface area contributed by atoms with E-state index in [-0.39, 0.29) is 31.6 Å². The van der Waals surface area contributed by atoms with Crippen LogP contribution in [-0.4, -0.2) is 37.2 Å². The van der Waals surface area contributed by atoms with E-state index >= 15 is 0 Å². The van der Waals surface area contributed by atoms with Gasteiger partial charge in [0.05, 0.1) is 0 Å². The van der Waals surface area contributed by atoms with Gasteiger partial charge in [0, 0.05) is 19.3 Å². The van der Waals surface area contributed by atoms with Crippen LogP contribution < -0.4 is 0 Å². The molecule has 0 aliphatic rings. The first-order chi connectivity index (χ1) is 37.0. The molecular weight excluding hydrogens is 925 g/mol. The molecule has 6 heteroatoms. The highest BCUT2D eigenvalue weighted by molar-refractivity contribution is 5.71. The normalized spacial score (nSPS) is 13.2. The Hall–Kier alpha value is -4.71. The molecule has 1 atom stereocenters. The Morgan fingerprint density at radius 1 is 0.280 bits per heavy atom. The van der Waals surface area contributed by atoms with Crippen LogP contribution in [0.4, 0.5) is 0 Å². The summed E-state index contributed by atoms with van der Waals surface area (Å²) in [6.07, 6.45) is 88.5. The molecule has 6 nitrogen and oxygen atoms in total. The molecule has 0 saturated carbocycles. The van der Waals surface area contributed by atoms with E-state index in [1.54, 1.807) is 0 Å². The van der Waals surface area contributed by atoms with Crippen LogP contribution in [0.5, 0.6) is 0 Å². The maximum Gasteiger partial charge on any atom is 0.306 e. The second-order valence-electron chi connectivity index (χ2n) is 19.5. The minimum absolute atomic E-state index is 0.126. The number of allylic oxidation sites excluding steroid dienone is 24. The summed E-state index contributed by atoms with van der Waals surface area (Å²) >= 11 is 0. The summed E-state index contributed by atoms with van der Waals surface area (Å²) in [5.41, 5.74) is 0. The summed E-state index contributed by atoms with van der Waals surface area (Å²) in [5, 5.41) is 0. The van der Waals surface area contributed by atoms with Gasteiger partial charge in [0.15, 0.2) is 6.10 Å². The summed E-state index contributed by atoms with van der Waals surface area (Å²) in [6, 6.07) is 0. The van der Waals surface area contributed by atoms with Crippen LogP contribution in [0.1, 0.15) is 252 Å². The molecule has 75 heavy (non-hydrogen) atoms. The van der Waals surface area contributed by atoms with E-state index in [0.717, 1.165) is 109 Å². The first-order valence-corrected chi connectivity index (χ1v) is 30.3. The monoisotopic (exact) mass is 1030 g/mol. The van der Waals surface area contributed by atoms with Crippen molar-refractivity contribution in [2.45, 2.75) is 258 Å². The van der Waals surface area contributed by atoms with Gasteiger partial charge in [-0.25, -0.2) is 0 Å². The zero-order chi connectivity index (χ0) is 54.3. The van der Waals surface area contributed by atoms with E-state index < -0.39 is 12.1 Å². The molecule has 422 valence electrons. The number of unbranched alkanes of at least 4 members (excludes halogenated alkanes) is 18. The van der Waals surface area contributed by atoms with Crippen molar-refractivity contribution in [2.75, 3.05) is 13.2 Å². The predicted octanol–water partition coefficient (Wildman–Crippen LogP) is 20.8. The van der Waals surface area contributed by atoms with E-state index in [0.29, 0.717) is 19.3 Å². The highest BCUT2D eigenvalue weighted by Crippen LogP contribution is 2.14. The maximum atomic E-state index is 12.9. The van der Waals surface area contributed by atoms with Gasteiger partial charge in [0.2, 0.25) is 0 Å². The summed E-state index contributed by atoms with van der Waals surface area (Å²) in [5.74, 6) is -1.05. The van der Waals surface area contributed by atoms with Crippen molar-refractivity contribution in [2.24, 2.45) is 0 Å². The van der Waals surface area contributed by atoms with Crippen LogP contribution in [0, 0.1) is 0 Å². The first kappa shape index (κ1) is 70.3. The van der Waals surface area contributed by atoms with Crippen LogP contribution in [0.2, 0.25) is 0 Å². The lowest BCUT2D eigenvalue weighted by molar-refractivity contribution is -0.166. The molecule has 0 aliphatic carbocycles. The van der Waals surface area contributed by atoms with Gasteiger partial charge in [-0.05, 0) is 135 Å². The summed E-state index contributed by atoms with van der Waals surface area (Å²) in [7, 11) is 0. The molecule has 0 spiro atoms. The fourth-order valence-corrected chi connectivity index (χ4v) is 7.78. The molecule has 0 N–H and O–H groups in total. The number of hydrogen-bond donors (Lipinski definition) is 0. The Morgan fingerprint density at radius 3 is 0.880 bits per heavy atom. The predicted molar refractivity (Wildman–Crippen MR) is 325 cm³/mol. The molecule has 0 aromatic carbocycles. The SMILES string of the molecule is CC/C=C\C/C=C\C/C=C\C/C=C\C/C=C\CCCCCC(=O)OC[C@H](COC(=O)CCCCCCCCCCC/C=C\C/C=C\CCCCC)OC(=O)CC/C=C\C/C=C\C/C=C\C/C=C\C/C=C\CCCCC. The Balaban J connectivity index is 4.59. The second-order valence-corrected chi connectivity index (χ2v) is 19.5. The smallest absolute Gasteiger partial charge is 0.306 e. The second kappa shape index (κ2) is 61.8. The van der Waals surface area contributed by atoms with Gasteiger partial charge >= 0.3 is 17.9 Å². The van der Waals surface area contributed by atoms with Crippen molar-refractivity contribution >= 4 is 17.9 Å². The maximum absolute atomic E-state index is 12.9. The Kier molecular flexibility index (Phi) is 58.0. The van der Waals surface area contributed by atoms with Gasteiger partial charge in [-0.3, -0.25) is 14.4 Å². The van der Waals surface area contributed by atoms with E-state index in [9.17, 15) is 14.4 Å². The minimum Gasteiger partial charge on any atom is -0.462 e. The Labute approximate surface area is 461 Å². The highest BCUT2D eigenvalue weighted by Gasteiger charge is 2.19. The van der Waals surface area contributed by atoms with Gasteiger partial charge in [-0.1, -0.05) is 244 Å². The molecular formula is C69H110O6. The average molecular weight is 1040 g/mol. The van der Waals surface area contributed by atoms with Crippen LogP contribution in [0.3, 0.4) is 0 Å². The largest absolute Gasteiger partial charge is 0.462 e. The minimum atomic E-state index is -0.841. The van der Waals surface area contributed by atoms with Crippen molar-refractivity contribution in [3.63, 3.8) is 0 Å². The van der Waals surface area contributed by atoms with Gasteiger partial charge in [-0.2, -0.15) is 0 Å². The topological polar surface area (TPSA) is 78.9 Å². The third-order valence-corrected chi connectivity index (χ3v) is 12.3. The number of carbonyl (C=O) groups excluding carboxylic acids is 3. The van der Waals surface area contributed by atoms with Gasteiger partial charge in [0.1, 0.15) is 13.2 Å². The Morgan fingerprint density at radius 2 is 0.547 bits per heavy atom. The van der Waals surface area contributed by atoms with Crippen LogP contribution in [0.25, 0.3) is 0 Å². The summed E-state index contributed by atoms with van der Waals surface area (Å²) in [6.45, 7) is 6.38. The molecule has 0 heterocycles. The number of esters is 3. The number of hydrogen-bond acceptors (Lipinski definition) is 6. The molecule has 0 aromatic heterocycles. The van der Waals surface area contributed by atoms with Gasteiger partial charge < -0.3 is 14.2 Å². The number of ether oxygens (including phenoxy) is 3. The molecule has 0 saturated heterocycles. The van der Waals surface area contributed by atoms with Crippen molar-refractivity contribution in [3.05, 3.63) is 146 Å². The molecule has 0 aliphatic heterocycles. The van der Waals surface area contributed by atoms with Crippen molar-refractivity contribution in [1.29, 1.82) is 0 Å². The first-order valence-electron chi connectivity index (χ1n) is 30.3. The summed E-state index contributed by atoms with van der Waals surface area (Å²) in [4.78, 5) is 38.2. The van der Waals surface area contributed by atoms with E-state index in [4.69, 9.17) is 14.2 Å². The molecule has 0 rings (SSSR count). The lowest BCUT2D eigenvalue weighted by Crippen LogP contribution is -2.30. The lowest BCUT2D eigenvalue weighted by Gasteiger charge is -2.18. The molecule has 0 amide bonds. The summed E-state index contributed by atoms with van der Waals surface area (Å²) < 4.78 is 16.8. The van der Waals surface area contributed by atoms with Crippen LogP contribution >= 0.6 is 0 Å². The standard InChI is InChI=1S/C69H110O6/c1-4-7-10-13-16-19-22-25-28-31-34-37-40-43-46-49-52-55-58-61-67(70)73-64-66(75-69(72)63-60-57-54-51-48-45-42-39-36-33-30-27-24-21-18-15-12-9-6-3)65-74-68(71)62-59-56-53-50-47-44-41-38-35-32-29-26-23-20-17-14-11-8-5-2/h7,10,16-21,25-30,34,36-37,39,43,45-46,48,54,57,66H,4-6,8-9,11-15,22-24,31-33,35,38,40-42,44,47,49-53,55-56,58-65H2,1-3H3/b10-7-,19-16-,20-17-,21-18-,28-25-,29-26-,30-27-,37-34-,39-36-,46-43-,48-45-,57-54-/t66-/m1/s1. The van der Waals surface area contributed by atoms with Gasteiger partial charge in [0.25, 0.3) is 0 Å². The third kappa shape index (κ3) is 60.0. The fraction of sp³-hybridized carbons (Fsp3) is 0.609. The molecule has 0 radical (unpaired) electrons.